The van der Waals surface area contributed by atoms with Crippen LogP contribution in [0.1, 0.15) is 56.9 Å². The molecular weight excluding hydrogens is 460 g/mol. The molecule has 0 radical (unpaired) electrons. The lowest BCUT2D eigenvalue weighted by Gasteiger charge is -2.32. The number of amides is 3. The Morgan fingerprint density at radius 2 is 1.92 bits per heavy atom. The first kappa shape index (κ1) is 26.6. The fourth-order valence-electron chi connectivity index (χ4n) is 6.17. The van der Waals surface area contributed by atoms with Gasteiger partial charge in [0.15, 0.2) is 0 Å². The number of imide groups is 1. The van der Waals surface area contributed by atoms with Gasteiger partial charge in [-0.15, -0.1) is 0 Å². The predicted molar refractivity (Wildman–Crippen MR) is 135 cm³/mol. The zero-order chi connectivity index (χ0) is 25.7. The molecule has 1 aliphatic carbocycles. The van der Waals surface area contributed by atoms with E-state index in [0.29, 0.717) is 42.8 Å². The van der Waals surface area contributed by atoms with Crippen molar-refractivity contribution in [1.82, 2.24) is 20.7 Å². The van der Waals surface area contributed by atoms with Gasteiger partial charge in [0.25, 0.3) is 0 Å². The monoisotopic (exact) mass is 500 g/mol. The molecule has 2 aliphatic heterocycles. The molecule has 9 nitrogen and oxygen atoms in total. The van der Waals surface area contributed by atoms with E-state index in [9.17, 15) is 14.4 Å². The maximum absolute atomic E-state index is 13.8. The Morgan fingerprint density at radius 3 is 2.69 bits per heavy atom. The summed E-state index contributed by atoms with van der Waals surface area (Å²) >= 11 is 0. The molecule has 0 bridgehead atoms. The van der Waals surface area contributed by atoms with Gasteiger partial charge in [0.1, 0.15) is 5.75 Å². The normalized spacial score (nSPS) is 28.2. The third kappa shape index (κ3) is 5.28. The minimum atomic E-state index is -1.28. The van der Waals surface area contributed by atoms with E-state index >= 15 is 0 Å². The van der Waals surface area contributed by atoms with Crippen molar-refractivity contribution in [3.8, 4) is 5.75 Å². The Labute approximate surface area is 213 Å². The van der Waals surface area contributed by atoms with Gasteiger partial charge in [0.2, 0.25) is 17.7 Å². The van der Waals surface area contributed by atoms with Crippen molar-refractivity contribution in [3.05, 3.63) is 29.8 Å². The highest BCUT2D eigenvalue weighted by atomic mass is 16.5. The topological polar surface area (TPSA) is 100 Å². The highest BCUT2D eigenvalue weighted by molar-refractivity contribution is 6.11. The molecule has 4 atom stereocenters. The first-order valence-corrected chi connectivity index (χ1v) is 13.1. The number of carbonyl (C=O) groups is 3. The predicted octanol–water partition coefficient (Wildman–Crippen LogP) is 2.00. The third-order valence-electron chi connectivity index (χ3n) is 8.15. The summed E-state index contributed by atoms with van der Waals surface area (Å²) in [5, 5.41) is 0. The summed E-state index contributed by atoms with van der Waals surface area (Å²) in [6, 6.07) is 7.82. The number of nitrogens with zero attached hydrogens (tertiary/aromatic N) is 2. The summed E-state index contributed by atoms with van der Waals surface area (Å²) in [5.41, 5.74) is 6.15. The van der Waals surface area contributed by atoms with E-state index in [-0.39, 0.29) is 43.1 Å². The number of para-hydroxylation sites is 1. The number of rotatable bonds is 10. The zero-order valence-corrected chi connectivity index (χ0v) is 21.8. The Kier molecular flexibility index (Phi) is 8.64. The fraction of sp³-hybridized carbons (Fsp3) is 0.667. The molecule has 1 saturated carbocycles. The Morgan fingerprint density at radius 1 is 1.14 bits per heavy atom. The van der Waals surface area contributed by atoms with Crippen LogP contribution in [-0.4, -0.2) is 80.6 Å². The minimum Gasteiger partial charge on any atom is -0.496 e. The number of ether oxygens (including phenoxy) is 2. The van der Waals surface area contributed by atoms with Crippen LogP contribution in [-0.2, 0) is 24.5 Å². The first-order valence-electron chi connectivity index (χ1n) is 13.1. The van der Waals surface area contributed by atoms with E-state index < -0.39 is 5.41 Å². The summed E-state index contributed by atoms with van der Waals surface area (Å²) in [4.78, 5) is 43.6. The van der Waals surface area contributed by atoms with E-state index in [1.165, 1.54) is 24.2 Å². The van der Waals surface area contributed by atoms with Gasteiger partial charge in [-0.1, -0.05) is 37.5 Å². The Bertz CT molecular complexity index is 956. The number of carbonyl (C=O) groups excluding carboxylic acids is 3. The molecule has 4 unspecified atom stereocenters. The molecule has 2 heterocycles. The fourth-order valence-corrected chi connectivity index (χ4v) is 6.17. The summed E-state index contributed by atoms with van der Waals surface area (Å²) in [6.07, 6.45) is 6.42. The van der Waals surface area contributed by atoms with Crippen molar-refractivity contribution in [3.63, 3.8) is 0 Å². The zero-order valence-electron chi connectivity index (χ0n) is 21.8. The van der Waals surface area contributed by atoms with Crippen molar-refractivity contribution in [1.29, 1.82) is 0 Å². The van der Waals surface area contributed by atoms with Crippen molar-refractivity contribution in [2.24, 2.45) is 5.92 Å². The van der Waals surface area contributed by atoms with Crippen molar-refractivity contribution >= 4 is 17.7 Å². The molecule has 0 spiro atoms. The molecule has 36 heavy (non-hydrogen) atoms. The number of fused-ring (bicyclic) bond motifs is 1. The molecule has 198 valence electrons. The molecule has 2 saturated heterocycles. The molecule has 0 aromatic heterocycles. The van der Waals surface area contributed by atoms with Crippen molar-refractivity contribution in [2.75, 3.05) is 41.0 Å². The lowest BCUT2D eigenvalue weighted by Crippen LogP contribution is -2.47. The molecule has 4 rings (SSSR count). The second-order valence-electron chi connectivity index (χ2n) is 10.4. The maximum Gasteiger partial charge on any atom is 0.241 e. The van der Waals surface area contributed by atoms with Crippen LogP contribution in [0.2, 0.25) is 0 Å². The Hall–Kier alpha value is -2.49. The molecule has 3 fully saturated rings. The van der Waals surface area contributed by atoms with Gasteiger partial charge in [-0.2, -0.15) is 0 Å². The van der Waals surface area contributed by atoms with Crippen LogP contribution in [0.5, 0.6) is 5.75 Å². The molecule has 3 amide bonds. The first-order chi connectivity index (χ1) is 17.4. The highest BCUT2D eigenvalue weighted by Gasteiger charge is 2.55. The van der Waals surface area contributed by atoms with Crippen molar-refractivity contribution in [2.45, 2.75) is 68.9 Å². The number of hydrogen-bond donors (Lipinski definition) is 2. The van der Waals surface area contributed by atoms with E-state index in [1.54, 1.807) is 38.3 Å². The van der Waals surface area contributed by atoms with Crippen molar-refractivity contribution < 1.29 is 23.9 Å². The second kappa shape index (κ2) is 11.7. The van der Waals surface area contributed by atoms with E-state index in [0.717, 1.165) is 12.8 Å². The second-order valence-corrected chi connectivity index (χ2v) is 10.4. The van der Waals surface area contributed by atoms with E-state index in [2.05, 4.69) is 10.9 Å². The standard InChI is InChI=1S/C27H40N4O5/c1-30(18-22-19-10-5-4-6-12-21(19)28-29-22)24(32)16-27(20-11-7-8-13-23(20)36-3)17-25(33)31(26(27)34)14-9-15-35-2/h7-8,11,13,19,21-22,28-29H,4-6,9-10,12,14-18H2,1-3H3. The molecule has 2 N–H and O–H groups in total. The summed E-state index contributed by atoms with van der Waals surface area (Å²) < 4.78 is 10.7. The lowest BCUT2D eigenvalue weighted by atomic mass is 9.75. The lowest BCUT2D eigenvalue weighted by molar-refractivity contribution is -0.142. The van der Waals surface area contributed by atoms with E-state index in [1.807, 2.05) is 12.1 Å². The largest absolute Gasteiger partial charge is 0.496 e. The summed E-state index contributed by atoms with van der Waals surface area (Å²) in [6.45, 7) is 1.27. The summed E-state index contributed by atoms with van der Waals surface area (Å²) in [7, 11) is 4.93. The van der Waals surface area contributed by atoms with Gasteiger partial charge in [-0.05, 0) is 31.2 Å². The van der Waals surface area contributed by atoms with E-state index in [4.69, 9.17) is 9.47 Å². The van der Waals surface area contributed by atoms with Gasteiger partial charge < -0.3 is 14.4 Å². The third-order valence-corrected chi connectivity index (χ3v) is 8.15. The average Bonchev–Trinajstić information content (AvgIpc) is 3.24. The highest BCUT2D eigenvalue weighted by Crippen LogP contribution is 2.44. The van der Waals surface area contributed by atoms with Crippen LogP contribution in [0.15, 0.2) is 24.3 Å². The Balaban J connectivity index is 1.55. The van der Waals surface area contributed by atoms with Crippen LogP contribution >= 0.6 is 0 Å². The molecular formula is C27H40N4O5. The van der Waals surface area contributed by atoms with Gasteiger partial charge in [-0.3, -0.25) is 30.1 Å². The number of hydrazine groups is 1. The van der Waals surface area contributed by atoms with Crippen LogP contribution in [0.4, 0.5) is 0 Å². The average molecular weight is 501 g/mol. The molecule has 3 aliphatic rings. The minimum absolute atomic E-state index is 0.0489. The quantitative estimate of drug-likeness (QED) is 0.374. The van der Waals surface area contributed by atoms with Crippen LogP contribution < -0.4 is 15.6 Å². The molecule has 1 aromatic carbocycles. The number of likely N-dealkylation sites (tertiary alicyclic amines) is 1. The van der Waals surface area contributed by atoms with Gasteiger partial charge in [0.05, 0.1) is 12.5 Å². The van der Waals surface area contributed by atoms with Gasteiger partial charge in [0, 0.05) is 64.3 Å². The van der Waals surface area contributed by atoms with Crippen LogP contribution in [0.25, 0.3) is 0 Å². The number of nitrogens with one attached hydrogen (secondary N) is 2. The number of likely N-dealkylation sites (N-methyl/N-ethyl adjacent to an activating group) is 1. The SMILES string of the molecule is COCCCN1C(=O)CC(CC(=O)N(C)CC2NNC3CCCCCC32)(c2ccccc2OC)C1=O. The number of benzene rings is 1. The van der Waals surface area contributed by atoms with Crippen LogP contribution in [0.3, 0.4) is 0 Å². The summed E-state index contributed by atoms with van der Waals surface area (Å²) in [5.74, 6) is 0.243. The number of hydrogen-bond acceptors (Lipinski definition) is 7. The molecule has 9 heteroatoms. The number of methoxy groups -OCH3 is 2. The van der Waals surface area contributed by atoms with Crippen LogP contribution in [0, 0.1) is 5.92 Å². The maximum atomic E-state index is 13.8. The van der Waals surface area contributed by atoms with Gasteiger partial charge in [-0.25, -0.2) is 0 Å². The molecule has 1 aromatic rings. The van der Waals surface area contributed by atoms with Gasteiger partial charge >= 0.3 is 0 Å². The smallest absolute Gasteiger partial charge is 0.241 e.